The Bertz CT molecular complexity index is 710. The Morgan fingerprint density at radius 3 is 2.48 bits per heavy atom. The first-order valence-corrected chi connectivity index (χ1v) is 8.69. The van der Waals surface area contributed by atoms with Gasteiger partial charge < -0.3 is 10.1 Å². The van der Waals surface area contributed by atoms with E-state index >= 15 is 0 Å². The zero-order chi connectivity index (χ0) is 17.6. The normalized spacial score (nSPS) is 18.1. The van der Waals surface area contributed by atoms with Gasteiger partial charge in [0, 0.05) is 44.1 Å². The molecule has 0 radical (unpaired) electrons. The summed E-state index contributed by atoms with van der Waals surface area (Å²) in [5.41, 5.74) is 1.86. The molecule has 1 aliphatic rings. The molecule has 0 bridgehead atoms. The highest BCUT2D eigenvalue weighted by molar-refractivity contribution is 6.29. The molecule has 25 heavy (non-hydrogen) atoms. The molecule has 8 heteroatoms. The summed E-state index contributed by atoms with van der Waals surface area (Å²) in [7, 11) is 0. The Morgan fingerprint density at radius 2 is 1.84 bits per heavy atom. The molecular formula is C17H18Cl2N4O2. The summed E-state index contributed by atoms with van der Waals surface area (Å²) in [5.74, 6) is -0.270. The Labute approximate surface area is 156 Å². The van der Waals surface area contributed by atoms with Crippen LogP contribution in [0.4, 0.5) is 0 Å². The number of nitrogens with one attached hydrogen (secondary N) is 1. The number of carbonyl (C=O) groups excluding carboxylic acids is 1. The number of piperazine rings is 1. The molecule has 1 N–H and O–H groups in total. The van der Waals surface area contributed by atoms with Gasteiger partial charge >= 0.3 is 5.97 Å². The van der Waals surface area contributed by atoms with Crippen molar-refractivity contribution in [1.82, 2.24) is 20.2 Å². The van der Waals surface area contributed by atoms with Gasteiger partial charge in [0.25, 0.3) is 0 Å². The van der Waals surface area contributed by atoms with Crippen molar-refractivity contribution in [3.05, 3.63) is 58.1 Å². The van der Waals surface area contributed by atoms with Crippen molar-refractivity contribution in [2.24, 2.45) is 0 Å². The first-order chi connectivity index (χ1) is 12.1. The van der Waals surface area contributed by atoms with E-state index in [1.165, 1.54) is 0 Å². The average Bonchev–Trinajstić information content (AvgIpc) is 2.63. The Hall–Kier alpha value is -1.73. The zero-order valence-electron chi connectivity index (χ0n) is 13.5. The van der Waals surface area contributed by atoms with Gasteiger partial charge in [0.05, 0.1) is 0 Å². The van der Waals surface area contributed by atoms with Crippen LogP contribution in [0.3, 0.4) is 0 Å². The number of aromatic nitrogens is 2. The van der Waals surface area contributed by atoms with Gasteiger partial charge in [0.2, 0.25) is 0 Å². The number of pyridine rings is 2. The molecule has 2 aromatic heterocycles. The van der Waals surface area contributed by atoms with E-state index in [-0.39, 0.29) is 18.6 Å². The van der Waals surface area contributed by atoms with Crippen LogP contribution < -0.4 is 5.32 Å². The molecule has 0 saturated carbocycles. The first kappa shape index (κ1) is 18.1. The van der Waals surface area contributed by atoms with E-state index in [2.05, 4.69) is 20.2 Å². The van der Waals surface area contributed by atoms with Crippen molar-refractivity contribution in [3.63, 3.8) is 0 Å². The second-order valence-electron chi connectivity index (χ2n) is 5.83. The molecule has 0 spiro atoms. The lowest BCUT2D eigenvalue weighted by Gasteiger charge is -2.32. The van der Waals surface area contributed by atoms with Crippen molar-refractivity contribution in [2.75, 3.05) is 19.6 Å². The van der Waals surface area contributed by atoms with Crippen LogP contribution in [0, 0.1) is 0 Å². The van der Waals surface area contributed by atoms with Crippen LogP contribution in [-0.2, 0) is 22.7 Å². The third kappa shape index (κ3) is 5.37. The van der Waals surface area contributed by atoms with Crippen molar-refractivity contribution in [1.29, 1.82) is 0 Å². The quantitative estimate of drug-likeness (QED) is 0.633. The van der Waals surface area contributed by atoms with Crippen LogP contribution in [0.1, 0.15) is 11.1 Å². The number of hydrogen-bond donors (Lipinski definition) is 1. The Balaban J connectivity index is 1.50. The first-order valence-electron chi connectivity index (χ1n) is 7.93. The molecule has 0 aliphatic carbocycles. The number of nitrogens with zero attached hydrogens (tertiary/aromatic N) is 3. The van der Waals surface area contributed by atoms with E-state index < -0.39 is 0 Å². The minimum Gasteiger partial charge on any atom is -0.460 e. The van der Waals surface area contributed by atoms with Crippen LogP contribution in [0.15, 0.2) is 36.7 Å². The van der Waals surface area contributed by atoms with E-state index in [0.29, 0.717) is 16.9 Å². The number of ether oxygens (including phenoxy) is 1. The van der Waals surface area contributed by atoms with Gasteiger partial charge in [-0.05, 0) is 17.7 Å². The van der Waals surface area contributed by atoms with E-state index in [1.54, 1.807) is 30.6 Å². The van der Waals surface area contributed by atoms with Gasteiger partial charge in [-0.15, -0.1) is 0 Å². The third-order valence-corrected chi connectivity index (χ3v) is 4.36. The Kier molecular flexibility index (Phi) is 6.20. The van der Waals surface area contributed by atoms with Crippen LogP contribution in [0.2, 0.25) is 10.3 Å². The van der Waals surface area contributed by atoms with E-state index in [0.717, 1.165) is 30.8 Å². The number of carbonyl (C=O) groups is 1. The van der Waals surface area contributed by atoms with Gasteiger partial charge in [-0.2, -0.15) is 0 Å². The van der Waals surface area contributed by atoms with Gasteiger partial charge in [-0.3, -0.25) is 9.69 Å². The highest BCUT2D eigenvalue weighted by Gasteiger charge is 2.26. The number of halogens is 2. The summed E-state index contributed by atoms with van der Waals surface area (Å²) in [6.07, 6.45) is 3.36. The maximum absolute atomic E-state index is 12.3. The summed E-state index contributed by atoms with van der Waals surface area (Å²) in [6.45, 7) is 3.07. The SMILES string of the molecule is O=C(OCc1ccc(Cl)nc1)[C@H]1CN(Cc2ccc(Cl)nc2)CCN1. The molecule has 1 saturated heterocycles. The van der Waals surface area contributed by atoms with Crippen LogP contribution in [-0.4, -0.2) is 46.5 Å². The highest BCUT2D eigenvalue weighted by Crippen LogP contribution is 2.11. The highest BCUT2D eigenvalue weighted by atomic mass is 35.5. The van der Waals surface area contributed by atoms with Crippen molar-refractivity contribution >= 4 is 29.2 Å². The van der Waals surface area contributed by atoms with E-state index in [9.17, 15) is 4.79 Å². The minimum absolute atomic E-state index is 0.183. The van der Waals surface area contributed by atoms with Crippen LogP contribution in [0.5, 0.6) is 0 Å². The summed E-state index contributed by atoms with van der Waals surface area (Å²) < 4.78 is 5.38. The fraction of sp³-hybridized carbons (Fsp3) is 0.353. The molecule has 3 rings (SSSR count). The molecule has 6 nitrogen and oxygen atoms in total. The molecule has 2 aromatic rings. The zero-order valence-corrected chi connectivity index (χ0v) is 15.0. The maximum Gasteiger partial charge on any atom is 0.324 e. The topological polar surface area (TPSA) is 67.3 Å². The minimum atomic E-state index is -0.353. The fourth-order valence-electron chi connectivity index (χ4n) is 2.62. The maximum atomic E-state index is 12.3. The molecule has 1 atom stereocenters. The number of hydrogen-bond acceptors (Lipinski definition) is 6. The summed E-state index contributed by atoms with van der Waals surface area (Å²) in [5, 5.41) is 4.09. The predicted octanol–water partition coefficient (Wildman–Crippen LogP) is 2.30. The van der Waals surface area contributed by atoms with Gasteiger partial charge in [-0.1, -0.05) is 35.3 Å². The van der Waals surface area contributed by atoms with Crippen LogP contribution in [0.25, 0.3) is 0 Å². The standard InChI is InChI=1S/C17H18Cl2N4O2/c18-15-3-1-12(7-21-15)9-23-6-5-20-14(10-23)17(24)25-11-13-2-4-16(19)22-8-13/h1-4,7-8,14,20H,5-6,9-11H2/t14-/m1/s1. The summed E-state index contributed by atoms with van der Waals surface area (Å²) >= 11 is 11.5. The molecular weight excluding hydrogens is 363 g/mol. The summed E-state index contributed by atoms with van der Waals surface area (Å²) in [6, 6.07) is 6.82. The van der Waals surface area contributed by atoms with E-state index in [4.69, 9.17) is 27.9 Å². The lowest BCUT2D eigenvalue weighted by atomic mass is 10.2. The molecule has 3 heterocycles. The van der Waals surface area contributed by atoms with Crippen molar-refractivity contribution in [2.45, 2.75) is 19.2 Å². The number of esters is 1. The smallest absolute Gasteiger partial charge is 0.324 e. The monoisotopic (exact) mass is 380 g/mol. The molecule has 0 unspecified atom stereocenters. The van der Waals surface area contributed by atoms with Crippen molar-refractivity contribution < 1.29 is 9.53 Å². The molecule has 1 fully saturated rings. The molecule has 1 aliphatic heterocycles. The molecule has 132 valence electrons. The average molecular weight is 381 g/mol. The predicted molar refractivity (Wildman–Crippen MR) is 95.4 cm³/mol. The summed E-state index contributed by atoms with van der Waals surface area (Å²) in [4.78, 5) is 22.5. The van der Waals surface area contributed by atoms with E-state index in [1.807, 2.05) is 6.07 Å². The lowest BCUT2D eigenvalue weighted by Crippen LogP contribution is -2.54. The van der Waals surface area contributed by atoms with Crippen LogP contribution >= 0.6 is 23.2 Å². The second-order valence-corrected chi connectivity index (χ2v) is 6.60. The molecule has 0 aromatic carbocycles. The van der Waals surface area contributed by atoms with Gasteiger partial charge in [0.1, 0.15) is 23.0 Å². The Morgan fingerprint density at radius 1 is 1.16 bits per heavy atom. The largest absolute Gasteiger partial charge is 0.460 e. The van der Waals surface area contributed by atoms with Crippen molar-refractivity contribution in [3.8, 4) is 0 Å². The molecule has 0 amide bonds. The van der Waals surface area contributed by atoms with Gasteiger partial charge in [-0.25, -0.2) is 9.97 Å². The third-order valence-electron chi connectivity index (χ3n) is 3.91. The fourth-order valence-corrected chi connectivity index (χ4v) is 2.84. The second kappa shape index (κ2) is 8.58. The lowest BCUT2D eigenvalue weighted by molar-refractivity contribution is -0.148. The van der Waals surface area contributed by atoms with Gasteiger partial charge in [0.15, 0.2) is 0 Å². The number of rotatable bonds is 5.